The molecule has 0 heterocycles. The topological polar surface area (TPSA) is 66.0 Å². The number of nitrogens with one attached hydrogen (secondary N) is 1. The highest BCUT2D eigenvalue weighted by atomic mass is 16.5. The fourth-order valence-corrected chi connectivity index (χ4v) is 2.72. The van der Waals surface area contributed by atoms with Crippen LogP contribution in [0.25, 0.3) is 12.2 Å². The number of carbonyl (C=O) groups is 1. The molecule has 6 nitrogen and oxygen atoms in total. The van der Waals surface area contributed by atoms with Gasteiger partial charge >= 0.3 is 0 Å². The van der Waals surface area contributed by atoms with Gasteiger partial charge in [-0.05, 0) is 47.4 Å². The van der Waals surface area contributed by atoms with Crippen LogP contribution in [0.4, 0.5) is 0 Å². The average Bonchev–Trinajstić information content (AvgIpc) is 2.72. The van der Waals surface area contributed by atoms with Crippen molar-refractivity contribution in [2.75, 3.05) is 35.0 Å². The lowest BCUT2D eigenvalue weighted by molar-refractivity contribution is -0.109. The van der Waals surface area contributed by atoms with E-state index >= 15 is 0 Å². The van der Waals surface area contributed by atoms with E-state index < -0.39 is 0 Å². The lowest BCUT2D eigenvalue weighted by Crippen LogP contribution is -2.15. The molecule has 0 spiro atoms. The Bertz CT molecular complexity index is 801. The van der Waals surface area contributed by atoms with E-state index in [4.69, 9.17) is 18.9 Å². The molecule has 2 aromatic carbocycles. The van der Waals surface area contributed by atoms with Gasteiger partial charge < -0.3 is 24.3 Å². The summed E-state index contributed by atoms with van der Waals surface area (Å²) >= 11 is 0. The minimum atomic E-state index is 0.538. The maximum absolute atomic E-state index is 10.5. The highest BCUT2D eigenvalue weighted by molar-refractivity contribution is 5.74. The molecule has 0 fully saturated rings. The van der Waals surface area contributed by atoms with Crippen LogP contribution >= 0.6 is 0 Å². The van der Waals surface area contributed by atoms with Crippen LogP contribution < -0.4 is 24.3 Å². The third kappa shape index (κ3) is 5.17. The van der Waals surface area contributed by atoms with Crippen LogP contribution in [0, 0.1) is 0 Å². The van der Waals surface area contributed by atoms with Crippen molar-refractivity contribution in [3.05, 3.63) is 47.0 Å². The van der Waals surface area contributed by atoms with Gasteiger partial charge in [-0.3, -0.25) is 4.79 Å². The minimum Gasteiger partial charge on any atom is -0.493 e. The summed E-state index contributed by atoms with van der Waals surface area (Å²) in [5.74, 6) is 2.65. The number of carbonyl (C=O) groups excluding carboxylic acids is 1. The van der Waals surface area contributed by atoms with Crippen LogP contribution in [0.15, 0.2) is 30.3 Å². The average molecular weight is 371 g/mol. The summed E-state index contributed by atoms with van der Waals surface area (Å²) in [7, 11) is 6.42. The molecule has 2 aromatic rings. The first-order chi connectivity index (χ1) is 13.2. The Morgan fingerprint density at radius 3 is 2.07 bits per heavy atom. The van der Waals surface area contributed by atoms with E-state index in [1.54, 1.807) is 28.4 Å². The maximum Gasteiger partial charge on any atom is 0.207 e. The predicted octanol–water partition coefficient (Wildman–Crippen LogP) is 3.18. The monoisotopic (exact) mass is 371 g/mol. The molecular formula is C21H25NO5. The second-order valence-electron chi connectivity index (χ2n) is 5.68. The van der Waals surface area contributed by atoms with Gasteiger partial charge in [0.05, 0.1) is 28.4 Å². The van der Waals surface area contributed by atoms with Crippen molar-refractivity contribution in [3.8, 4) is 23.0 Å². The van der Waals surface area contributed by atoms with E-state index in [-0.39, 0.29) is 0 Å². The van der Waals surface area contributed by atoms with Crippen molar-refractivity contribution < 1.29 is 23.7 Å². The van der Waals surface area contributed by atoms with Crippen LogP contribution in [-0.2, 0) is 11.2 Å². The fourth-order valence-electron chi connectivity index (χ4n) is 2.72. The van der Waals surface area contributed by atoms with Gasteiger partial charge in [0.25, 0.3) is 0 Å². The maximum atomic E-state index is 10.5. The number of ether oxygens (including phenoxy) is 4. The van der Waals surface area contributed by atoms with Crippen LogP contribution in [0.1, 0.15) is 16.7 Å². The third-order valence-electron chi connectivity index (χ3n) is 4.13. The minimum absolute atomic E-state index is 0.538. The molecule has 0 aliphatic rings. The second kappa shape index (κ2) is 10.1. The van der Waals surface area contributed by atoms with Gasteiger partial charge in [0.15, 0.2) is 23.0 Å². The van der Waals surface area contributed by atoms with Crippen molar-refractivity contribution >= 4 is 18.6 Å². The Kier molecular flexibility index (Phi) is 7.55. The summed E-state index contributed by atoms with van der Waals surface area (Å²) in [5.41, 5.74) is 2.99. The summed E-state index contributed by atoms with van der Waals surface area (Å²) in [6.07, 6.45) is 5.35. The van der Waals surface area contributed by atoms with E-state index in [1.165, 1.54) is 0 Å². The molecular weight excluding hydrogens is 346 g/mol. The number of amides is 1. The SMILES string of the molecule is COc1ccc(/C=C/c2cc(OC)c(OC)cc2CCNC=O)cc1OC. The molecule has 0 saturated heterocycles. The van der Waals surface area contributed by atoms with Crippen LogP contribution in [0.5, 0.6) is 23.0 Å². The fraction of sp³-hybridized carbons (Fsp3) is 0.286. The molecule has 0 bridgehead atoms. The van der Waals surface area contributed by atoms with Gasteiger partial charge in [-0.1, -0.05) is 18.2 Å². The first kappa shape index (κ1) is 20.2. The van der Waals surface area contributed by atoms with Gasteiger partial charge in [-0.15, -0.1) is 0 Å². The highest BCUT2D eigenvalue weighted by Crippen LogP contribution is 2.32. The Hall–Kier alpha value is -3.15. The number of benzene rings is 2. The smallest absolute Gasteiger partial charge is 0.207 e. The molecule has 1 amide bonds. The van der Waals surface area contributed by atoms with Crippen LogP contribution in [0.2, 0.25) is 0 Å². The zero-order valence-corrected chi connectivity index (χ0v) is 16.1. The molecule has 0 saturated carbocycles. The Balaban J connectivity index is 2.37. The standard InChI is InChI=1S/C21H25NO5/c1-24-18-8-6-15(11-19(18)25-2)5-7-16-12-20(26-3)21(27-4)13-17(16)9-10-22-14-23/h5-8,11-14H,9-10H2,1-4H3,(H,22,23)/b7-5+. The van der Waals surface area contributed by atoms with E-state index in [0.29, 0.717) is 42.4 Å². The molecule has 6 heteroatoms. The van der Waals surface area contributed by atoms with E-state index in [0.717, 1.165) is 16.7 Å². The van der Waals surface area contributed by atoms with E-state index in [1.807, 2.05) is 42.5 Å². The Labute approximate surface area is 159 Å². The number of methoxy groups -OCH3 is 4. The predicted molar refractivity (Wildman–Crippen MR) is 106 cm³/mol. The number of hydrogen-bond donors (Lipinski definition) is 1. The van der Waals surface area contributed by atoms with Crippen molar-refractivity contribution in [3.63, 3.8) is 0 Å². The molecule has 0 aromatic heterocycles. The zero-order valence-electron chi connectivity index (χ0n) is 16.1. The van der Waals surface area contributed by atoms with Crippen LogP contribution in [0.3, 0.4) is 0 Å². The molecule has 1 N–H and O–H groups in total. The quantitative estimate of drug-likeness (QED) is 0.395. The summed E-state index contributed by atoms with van der Waals surface area (Å²) in [5, 5.41) is 2.68. The largest absolute Gasteiger partial charge is 0.493 e. The van der Waals surface area contributed by atoms with Gasteiger partial charge in [0.2, 0.25) is 6.41 Å². The first-order valence-electron chi connectivity index (χ1n) is 8.48. The van der Waals surface area contributed by atoms with Crippen molar-refractivity contribution in [1.82, 2.24) is 5.32 Å². The summed E-state index contributed by atoms with van der Waals surface area (Å²) in [6, 6.07) is 9.57. The van der Waals surface area contributed by atoms with Gasteiger partial charge in [-0.25, -0.2) is 0 Å². The molecule has 0 unspecified atom stereocenters. The lowest BCUT2D eigenvalue weighted by Gasteiger charge is -2.13. The van der Waals surface area contributed by atoms with Gasteiger partial charge in [0.1, 0.15) is 0 Å². The third-order valence-corrected chi connectivity index (χ3v) is 4.13. The van der Waals surface area contributed by atoms with E-state index in [9.17, 15) is 4.79 Å². The van der Waals surface area contributed by atoms with Crippen molar-refractivity contribution in [2.24, 2.45) is 0 Å². The van der Waals surface area contributed by atoms with Gasteiger partial charge in [0, 0.05) is 6.54 Å². The molecule has 27 heavy (non-hydrogen) atoms. The first-order valence-corrected chi connectivity index (χ1v) is 8.48. The summed E-state index contributed by atoms with van der Waals surface area (Å²) < 4.78 is 21.4. The van der Waals surface area contributed by atoms with Crippen LogP contribution in [-0.4, -0.2) is 41.4 Å². The normalized spacial score (nSPS) is 10.5. The van der Waals surface area contributed by atoms with E-state index in [2.05, 4.69) is 5.32 Å². The molecule has 144 valence electrons. The second-order valence-corrected chi connectivity index (χ2v) is 5.68. The summed E-state index contributed by atoms with van der Waals surface area (Å²) in [6.45, 7) is 0.538. The van der Waals surface area contributed by atoms with Gasteiger partial charge in [-0.2, -0.15) is 0 Å². The van der Waals surface area contributed by atoms with Crippen molar-refractivity contribution in [2.45, 2.75) is 6.42 Å². The zero-order chi connectivity index (χ0) is 19.6. The number of hydrogen-bond acceptors (Lipinski definition) is 5. The lowest BCUT2D eigenvalue weighted by atomic mass is 10.0. The Morgan fingerprint density at radius 2 is 1.44 bits per heavy atom. The Morgan fingerprint density at radius 1 is 0.815 bits per heavy atom. The molecule has 0 radical (unpaired) electrons. The van der Waals surface area contributed by atoms with Crippen molar-refractivity contribution in [1.29, 1.82) is 0 Å². The molecule has 2 rings (SSSR count). The summed E-state index contributed by atoms with van der Waals surface area (Å²) in [4.78, 5) is 10.5. The highest BCUT2D eigenvalue weighted by Gasteiger charge is 2.10. The molecule has 0 aliphatic heterocycles. The molecule has 0 atom stereocenters. The number of rotatable bonds is 10. The molecule has 0 aliphatic carbocycles.